The first-order chi connectivity index (χ1) is 7.26. The van der Waals surface area contributed by atoms with Gasteiger partial charge in [-0.15, -0.1) is 0 Å². The fourth-order valence-corrected chi connectivity index (χ4v) is 1.41. The van der Waals surface area contributed by atoms with Crippen molar-refractivity contribution in [2.75, 3.05) is 0 Å². The Morgan fingerprint density at radius 1 is 1.19 bits per heavy atom. The summed E-state index contributed by atoms with van der Waals surface area (Å²) in [4.78, 5) is 0. The lowest BCUT2D eigenvalue weighted by Crippen LogP contribution is -2.40. The lowest BCUT2D eigenvalue weighted by molar-refractivity contribution is -0.356. The minimum atomic E-state index is -3.17. The van der Waals surface area contributed by atoms with Crippen LogP contribution in [0, 0.1) is 0 Å². The van der Waals surface area contributed by atoms with E-state index in [0.717, 1.165) is 0 Å². The van der Waals surface area contributed by atoms with Crippen molar-refractivity contribution in [2.24, 2.45) is 0 Å². The fraction of sp³-hybridized carbons (Fsp3) is 0.556. The quantitative estimate of drug-likeness (QED) is 0.386. The van der Waals surface area contributed by atoms with E-state index in [-0.39, 0.29) is 5.56 Å². The van der Waals surface area contributed by atoms with Gasteiger partial charge in [-0.2, -0.15) is 10.2 Å². The third-order valence-corrected chi connectivity index (χ3v) is 2.05. The molecule has 0 bridgehead atoms. The summed E-state index contributed by atoms with van der Waals surface area (Å²) in [6.07, 6.45) is 0.559. The molecule has 0 radical (unpaired) electrons. The minimum absolute atomic E-state index is 0.0217. The number of aromatic nitrogens is 2. The number of aryl methyl sites for hydroxylation is 1. The maximum Gasteiger partial charge on any atom is 0.281 e. The fourth-order valence-electron chi connectivity index (χ4n) is 1.41. The highest BCUT2D eigenvalue weighted by Gasteiger charge is 2.38. The third kappa shape index (κ3) is 3.19. The molecule has 5 N–H and O–H groups in total. The Balaban J connectivity index is 3.06. The molecule has 1 aromatic heterocycles. The molecule has 0 atom stereocenters. The van der Waals surface area contributed by atoms with Crippen LogP contribution in [0.2, 0.25) is 0 Å². The van der Waals surface area contributed by atoms with Gasteiger partial charge in [0.1, 0.15) is 0 Å². The van der Waals surface area contributed by atoms with Crippen molar-refractivity contribution in [1.29, 1.82) is 0 Å². The van der Waals surface area contributed by atoms with E-state index in [9.17, 15) is 10.2 Å². The number of rotatable bonds is 4. The average molecular weight is 230 g/mol. The normalized spacial score (nSPS) is 12.9. The number of aliphatic hydroxyl groups is 5. The van der Waals surface area contributed by atoms with Gasteiger partial charge in [0.05, 0.1) is 18.3 Å². The molecule has 90 valence electrons. The standard InChI is InChI=1S/C9H14N2O5/c1-2-7-6(3-4-10-11-7)8(12,13)5-9(14,15)16/h3-4,12-16H,2,5H2,1H3. The molecule has 1 aromatic rings. The molecule has 0 aromatic carbocycles. The van der Waals surface area contributed by atoms with Gasteiger partial charge < -0.3 is 25.5 Å². The van der Waals surface area contributed by atoms with E-state index in [1.165, 1.54) is 12.3 Å². The van der Waals surface area contributed by atoms with Crippen molar-refractivity contribution in [1.82, 2.24) is 10.2 Å². The average Bonchev–Trinajstić information content (AvgIpc) is 2.14. The summed E-state index contributed by atoms with van der Waals surface area (Å²) in [6.45, 7) is 1.73. The van der Waals surface area contributed by atoms with Crippen LogP contribution in [-0.4, -0.2) is 41.7 Å². The summed E-state index contributed by atoms with van der Waals surface area (Å²) < 4.78 is 0. The van der Waals surface area contributed by atoms with E-state index < -0.39 is 18.2 Å². The second-order valence-corrected chi connectivity index (χ2v) is 3.51. The van der Waals surface area contributed by atoms with Gasteiger partial charge in [0.25, 0.3) is 5.97 Å². The topological polar surface area (TPSA) is 127 Å². The Hall–Kier alpha value is -1.12. The monoisotopic (exact) mass is 230 g/mol. The van der Waals surface area contributed by atoms with Gasteiger partial charge in [-0.1, -0.05) is 6.92 Å². The third-order valence-electron chi connectivity index (χ3n) is 2.05. The predicted octanol–water partition coefficient (Wildman–Crippen LogP) is -1.80. The van der Waals surface area contributed by atoms with Gasteiger partial charge in [0.15, 0.2) is 5.79 Å². The zero-order valence-corrected chi connectivity index (χ0v) is 8.70. The second kappa shape index (κ2) is 4.40. The van der Waals surface area contributed by atoms with E-state index in [1.807, 2.05) is 0 Å². The summed E-state index contributed by atoms with van der Waals surface area (Å²) in [6, 6.07) is 1.29. The molecular weight excluding hydrogens is 216 g/mol. The summed E-state index contributed by atoms with van der Waals surface area (Å²) in [5, 5.41) is 52.7. The molecule has 0 aliphatic carbocycles. The predicted molar refractivity (Wildman–Crippen MR) is 51.5 cm³/mol. The van der Waals surface area contributed by atoms with Gasteiger partial charge in [-0.05, 0) is 12.5 Å². The van der Waals surface area contributed by atoms with Crippen LogP contribution in [0.15, 0.2) is 12.3 Å². The zero-order chi connectivity index (χ0) is 12.4. The molecule has 0 saturated carbocycles. The van der Waals surface area contributed by atoms with Crippen molar-refractivity contribution in [2.45, 2.75) is 31.5 Å². The van der Waals surface area contributed by atoms with Crippen molar-refractivity contribution in [3.05, 3.63) is 23.5 Å². The maximum atomic E-state index is 9.64. The molecule has 0 spiro atoms. The first kappa shape index (κ1) is 12.9. The molecule has 0 amide bonds. The summed E-state index contributed by atoms with van der Waals surface area (Å²) >= 11 is 0. The number of hydrogen-bond donors (Lipinski definition) is 5. The van der Waals surface area contributed by atoms with Gasteiger partial charge in [-0.3, -0.25) is 0 Å². The molecule has 7 heteroatoms. The zero-order valence-electron chi connectivity index (χ0n) is 8.70. The van der Waals surface area contributed by atoms with Crippen LogP contribution in [0.1, 0.15) is 24.6 Å². The van der Waals surface area contributed by atoms with E-state index in [4.69, 9.17) is 15.3 Å². The van der Waals surface area contributed by atoms with Crippen LogP contribution in [0.25, 0.3) is 0 Å². The SMILES string of the molecule is CCc1nnccc1C(O)(O)CC(O)(O)O. The van der Waals surface area contributed by atoms with E-state index in [0.29, 0.717) is 12.1 Å². The highest BCUT2D eigenvalue weighted by molar-refractivity contribution is 5.22. The molecule has 7 nitrogen and oxygen atoms in total. The lowest BCUT2D eigenvalue weighted by Gasteiger charge is -2.27. The van der Waals surface area contributed by atoms with Crippen LogP contribution < -0.4 is 0 Å². The number of hydrogen-bond acceptors (Lipinski definition) is 7. The second-order valence-electron chi connectivity index (χ2n) is 3.51. The van der Waals surface area contributed by atoms with Crippen LogP contribution in [0.5, 0.6) is 0 Å². The highest BCUT2D eigenvalue weighted by atomic mass is 16.7. The molecule has 0 fully saturated rings. The first-order valence-corrected chi connectivity index (χ1v) is 4.69. The molecular formula is C9H14N2O5. The molecule has 0 aliphatic rings. The Kier molecular flexibility index (Phi) is 3.56. The Labute approximate surface area is 91.6 Å². The Morgan fingerprint density at radius 3 is 2.31 bits per heavy atom. The van der Waals surface area contributed by atoms with E-state index in [1.54, 1.807) is 6.92 Å². The van der Waals surface area contributed by atoms with E-state index in [2.05, 4.69) is 10.2 Å². The minimum Gasteiger partial charge on any atom is -0.362 e. The van der Waals surface area contributed by atoms with E-state index >= 15 is 0 Å². The summed E-state index contributed by atoms with van der Waals surface area (Å²) in [7, 11) is 0. The summed E-state index contributed by atoms with van der Waals surface area (Å²) in [5.41, 5.74) is 0.281. The van der Waals surface area contributed by atoms with Gasteiger partial charge in [-0.25, -0.2) is 0 Å². The molecule has 0 unspecified atom stereocenters. The maximum absolute atomic E-state index is 9.64. The van der Waals surface area contributed by atoms with Crippen molar-refractivity contribution < 1.29 is 25.5 Å². The smallest absolute Gasteiger partial charge is 0.281 e. The van der Waals surface area contributed by atoms with Crippen LogP contribution >= 0.6 is 0 Å². The number of nitrogens with zero attached hydrogens (tertiary/aromatic N) is 2. The van der Waals surface area contributed by atoms with Crippen LogP contribution in [0.3, 0.4) is 0 Å². The molecule has 1 heterocycles. The van der Waals surface area contributed by atoms with Gasteiger partial charge >= 0.3 is 0 Å². The largest absolute Gasteiger partial charge is 0.362 e. The lowest BCUT2D eigenvalue weighted by atomic mass is 9.99. The molecule has 0 aliphatic heterocycles. The molecule has 0 saturated heterocycles. The van der Waals surface area contributed by atoms with Crippen molar-refractivity contribution in [3.63, 3.8) is 0 Å². The molecule has 16 heavy (non-hydrogen) atoms. The summed E-state index contributed by atoms with van der Waals surface area (Å²) in [5.74, 6) is -5.75. The Morgan fingerprint density at radius 2 is 1.81 bits per heavy atom. The Bertz CT molecular complexity index is 361. The van der Waals surface area contributed by atoms with Gasteiger partial charge in [0, 0.05) is 5.56 Å². The van der Waals surface area contributed by atoms with Crippen molar-refractivity contribution >= 4 is 0 Å². The van der Waals surface area contributed by atoms with Gasteiger partial charge in [0.2, 0.25) is 0 Å². The van der Waals surface area contributed by atoms with Crippen LogP contribution in [-0.2, 0) is 12.2 Å². The van der Waals surface area contributed by atoms with Crippen molar-refractivity contribution in [3.8, 4) is 0 Å². The van der Waals surface area contributed by atoms with Crippen LogP contribution in [0.4, 0.5) is 0 Å². The highest BCUT2D eigenvalue weighted by Crippen LogP contribution is 2.27. The first-order valence-electron chi connectivity index (χ1n) is 4.69. The molecule has 1 rings (SSSR count).